The molecule has 27 heavy (non-hydrogen) atoms. The van der Waals surface area contributed by atoms with Gasteiger partial charge in [0, 0.05) is 16.5 Å². The average molecular weight is 358 g/mol. The van der Waals surface area contributed by atoms with Crippen molar-refractivity contribution in [1.82, 2.24) is 9.78 Å². The van der Waals surface area contributed by atoms with Crippen LogP contribution in [0.3, 0.4) is 0 Å². The molecule has 0 bridgehead atoms. The van der Waals surface area contributed by atoms with Gasteiger partial charge in [0.25, 0.3) is 5.91 Å². The van der Waals surface area contributed by atoms with Crippen molar-refractivity contribution in [2.75, 3.05) is 11.1 Å². The smallest absolute Gasteiger partial charge is 0.255 e. The molecule has 0 atom stereocenters. The van der Waals surface area contributed by atoms with Crippen LogP contribution < -0.4 is 11.1 Å². The fourth-order valence-corrected chi connectivity index (χ4v) is 3.58. The third-order valence-corrected chi connectivity index (χ3v) is 4.91. The summed E-state index contributed by atoms with van der Waals surface area (Å²) in [5.74, 6) is -0.786. The molecule has 0 unspecified atom stereocenters. The number of carbonyl (C=O) groups excluding carboxylic acids is 1. The highest BCUT2D eigenvalue weighted by atomic mass is 19.1. The van der Waals surface area contributed by atoms with Crippen molar-refractivity contribution in [3.8, 4) is 11.1 Å². The van der Waals surface area contributed by atoms with Crippen molar-refractivity contribution in [3.05, 3.63) is 77.7 Å². The van der Waals surface area contributed by atoms with Crippen LogP contribution in [0.15, 0.2) is 60.8 Å². The Kier molecular flexibility index (Phi) is 3.27. The molecule has 1 aliphatic rings. The van der Waals surface area contributed by atoms with Gasteiger partial charge in [0.15, 0.2) is 0 Å². The van der Waals surface area contributed by atoms with E-state index in [1.54, 1.807) is 6.07 Å². The van der Waals surface area contributed by atoms with E-state index in [0.717, 1.165) is 27.6 Å². The Bertz CT molecular complexity index is 1230. The summed E-state index contributed by atoms with van der Waals surface area (Å²) in [4.78, 5) is 12.7. The molecule has 0 saturated carbocycles. The van der Waals surface area contributed by atoms with E-state index in [1.807, 2.05) is 41.2 Å². The van der Waals surface area contributed by atoms with Crippen molar-refractivity contribution in [3.63, 3.8) is 0 Å². The van der Waals surface area contributed by atoms with Crippen LogP contribution in [-0.4, -0.2) is 15.7 Å². The second-order valence-corrected chi connectivity index (χ2v) is 6.60. The molecule has 1 aliphatic heterocycles. The zero-order chi connectivity index (χ0) is 18.5. The number of carbonyl (C=O) groups is 1. The van der Waals surface area contributed by atoms with E-state index < -0.39 is 5.82 Å². The lowest BCUT2D eigenvalue weighted by Gasteiger charge is -2.19. The van der Waals surface area contributed by atoms with E-state index in [-0.39, 0.29) is 11.6 Å². The Hall–Kier alpha value is -3.67. The predicted molar refractivity (Wildman–Crippen MR) is 103 cm³/mol. The number of halogens is 1. The Morgan fingerprint density at radius 2 is 2.00 bits per heavy atom. The quantitative estimate of drug-likeness (QED) is 0.468. The minimum atomic E-state index is -0.454. The first-order chi connectivity index (χ1) is 13.1. The number of benzene rings is 3. The molecule has 0 aliphatic carbocycles. The molecule has 3 N–H and O–H groups in total. The van der Waals surface area contributed by atoms with Crippen LogP contribution in [0, 0.1) is 5.82 Å². The van der Waals surface area contributed by atoms with Crippen molar-refractivity contribution in [2.24, 2.45) is 0 Å². The number of hydrogen-bond donors (Lipinski definition) is 2. The molecule has 0 saturated heterocycles. The fraction of sp³-hybridized carbons (Fsp3) is 0.0476. The second kappa shape index (κ2) is 5.67. The lowest BCUT2D eigenvalue weighted by atomic mass is 9.93. The highest BCUT2D eigenvalue weighted by Crippen LogP contribution is 2.36. The maximum absolute atomic E-state index is 13.4. The van der Waals surface area contributed by atoms with Crippen molar-refractivity contribution in [1.29, 1.82) is 0 Å². The summed E-state index contributed by atoms with van der Waals surface area (Å²) >= 11 is 0. The summed E-state index contributed by atoms with van der Waals surface area (Å²) in [6, 6.07) is 15.5. The van der Waals surface area contributed by atoms with Gasteiger partial charge in [-0.2, -0.15) is 5.10 Å². The van der Waals surface area contributed by atoms with Gasteiger partial charge in [-0.05, 0) is 41.5 Å². The van der Waals surface area contributed by atoms with Gasteiger partial charge in [-0.3, -0.25) is 9.48 Å². The normalized spacial score (nSPS) is 12.0. The Morgan fingerprint density at radius 1 is 1.11 bits per heavy atom. The lowest BCUT2D eigenvalue weighted by molar-refractivity contribution is 0.102. The number of fused-ring (bicyclic) bond motifs is 2. The van der Waals surface area contributed by atoms with Gasteiger partial charge in [0.2, 0.25) is 0 Å². The highest BCUT2D eigenvalue weighted by Gasteiger charge is 2.20. The van der Waals surface area contributed by atoms with E-state index in [0.29, 0.717) is 17.8 Å². The number of anilines is 2. The molecule has 4 aromatic rings. The first kappa shape index (κ1) is 15.6. The van der Waals surface area contributed by atoms with E-state index in [4.69, 9.17) is 5.73 Å². The van der Waals surface area contributed by atoms with Crippen LogP contribution >= 0.6 is 0 Å². The van der Waals surface area contributed by atoms with E-state index in [1.165, 1.54) is 18.2 Å². The Labute approximate surface area is 154 Å². The summed E-state index contributed by atoms with van der Waals surface area (Å²) in [6.07, 6.45) is 1.85. The van der Waals surface area contributed by atoms with Crippen molar-refractivity contribution in [2.45, 2.75) is 6.54 Å². The van der Waals surface area contributed by atoms with Gasteiger partial charge in [-0.1, -0.05) is 24.3 Å². The first-order valence-corrected chi connectivity index (χ1v) is 8.54. The van der Waals surface area contributed by atoms with Crippen molar-refractivity contribution >= 4 is 28.2 Å². The third kappa shape index (κ3) is 2.45. The number of nitrogens with one attached hydrogen (secondary N) is 1. The summed E-state index contributed by atoms with van der Waals surface area (Å²) in [7, 11) is 0. The largest absolute Gasteiger partial charge is 0.397 e. The number of aromatic nitrogens is 2. The summed E-state index contributed by atoms with van der Waals surface area (Å²) < 4.78 is 15.4. The topological polar surface area (TPSA) is 72.9 Å². The fourth-order valence-electron chi connectivity index (χ4n) is 3.58. The standard InChI is InChI=1S/C21H15FN4O/c22-15-6-7-18(23)19(9-15)25-21(27)12-4-5-14-11-26-20-13(10-24-26)2-1-3-16(20)17(14)8-12/h1-10H,11,23H2,(H,25,27). The first-order valence-electron chi connectivity index (χ1n) is 8.54. The maximum atomic E-state index is 13.4. The summed E-state index contributed by atoms with van der Waals surface area (Å²) in [6.45, 7) is 0.661. The molecule has 2 heterocycles. The second-order valence-electron chi connectivity index (χ2n) is 6.60. The van der Waals surface area contributed by atoms with Crippen LogP contribution in [0.4, 0.5) is 15.8 Å². The average Bonchev–Trinajstić information content (AvgIpc) is 3.09. The molecule has 6 heteroatoms. The Morgan fingerprint density at radius 3 is 2.89 bits per heavy atom. The number of nitrogens with two attached hydrogens (primary N) is 1. The monoisotopic (exact) mass is 358 g/mol. The Balaban J connectivity index is 1.56. The van der Waals surface area contributed by atoms with Crippen LogP contribution in [0.25, 0.3) is 22.0 Å². The number of rotatable bonds is 2. The van der Waals surface area contributed by atoms with Gasteiger partial charge in [0.05, 0.1) is 29.6 Å². The zero-order valence-corrected chi connectivity index (χ0v) is 14.2. The van der Waals surface area contributed by atoms with E-state index in [2.05, 4.69) is 10.4 Å². The van der Waals surface area contributed by atoms with Crippen molar-refractivity contribution < 1.29 is 9.18 Å². The molecule has 1 aromatic heterocycles. The maximum Gasteiger partial charge on any atom is 0.255 e. The van der Waals surface area contributed by atoms with Gasteiger partial charge >= 0.3 is 0 Å². The number of nitrogen functional groups attached to an aromatic ring is 1. The summed E-state index contributed by atoms with van der Waals surface area (Å²) in [5, 5.41) is 8.21. The minimum absolute atomic E-state index is 0.262. The van der Waals surface area contributed by atoms with E-state index >= 15 is 0 Å². The minimum Gasteiger partial charge on any atom is -0.397 e. The molecule has 0 spiro atoms. The van der Waals surface area contributed by atoms with Gasteiger partial charge in [-0.25, -0.2) is 4.39 Å². The van der Waals surface area contributed by atoms with Crippen LogP contribution in [-0.2, 0) is 6.54 Å². The van der Waals surface area contributed by atoms with Crippen LogP contribution in [0.1, 0.15) is 15.9 Å². The molecule has 5 nitrogen and oxygen atoms in total. The third-order valence-electron chi connectivity index (χ3n) is 4.91. The SMILES string of the molecule is Nc1ccc(F)cc1NC(=O)c1ccc2c(c1)-c1cccc3cnn(c13)C2. The molecule has 132 valence electrons. The van der Waals surface area contributed by atoms with Gasteiger partial charge in [0.1, 0.15) is 5.82 Å². The molecule has 1 amide bonds. The number of nitrogens with zero attached hydrogens (tertiary/aromatic N) is 2. The van der Waals surface area contributed by atoms with Crippen LogP contribution in [0.2, 0.25) is 0 Å². The van der Waals surface area contributed by atoms with Gasteiger partial charge < -0.3 is 11.1 Å². The molecular weight excluding hydrogens is 343 g/mol. The number of para-hydroxylation sites is 1. The molecule has 5 rings (SSSR count). The van der Waals surface area contributed by atoms with Crippen LogP contribution in [0.5, 0.6) is 0 Å². The lowest BCUT2D eigenvalue weighted by Crippen LogP contribution is -2.15. The number of hydrogen-bond acceptors (Lipinski definition) is 3. The molecular formula is C21H15FN4O. The molecule has 0 fully saturated rings. The number of amides is 1. The summed E-state index contributed by atoms with van der Waals surface area (Å²) in [5.41, 5.74) is 11.1. The molecule has 3 aromatic carbocycles. The highest BCUT2D eigenvalue weighted by molar-refractivity contribution is 6.07. The van der Waals surface area contributed by atoms with Gasteiger partial charge in [-0.15, -0.1) is 0 Å². The molecule has 0 radical (unpaired) electrons. The van der Waals surface area contributed by atoms with E-state index in [9.17, 15) is 9.18 Å². The zero-order valence-electron chi connectivity index (χ0n) is 14.2. The predicted octanol–water partition coefficient (Wildman–Crippen LogP) is 4.04.